The number of nitrogens with one attached hydrogen (secondary N) is 1. The predicted octanol–water partition coefficient (Wildman–Crippen LogP) is 6.29. The second-order valence-corrected chi connectivity index (χ2v) is 7.92. The number of thiophene rings is 1. The summed E-state index contributed by atoms with van der Waals surface area (Å²) in [6, 6.07) is 26.6. The SMILES string of the molecule is Cc1cccc(-c2nc3scc(-c4ccc(-c5ccccc5)cc4)c3c(=O)[nH]2)c1. The molecule has 140 valence electrons. The maximum Gasteiger partial charge on any atom is 0.260 e. The van der Waals surface area contributed by atoms with Gasteiger partial charge in [0, 0.05) is 16.5 Å². The highest BCUT2D eigenvalue weighted by Gasteiger charge is 2.14. The second kappa shape index (κ2) is 7.15. The van der Waals surface area contributed by atoms with Gasteiger partial charge in [-0.3, -0.25) is 4.79 Å². The number of hydrogen-bond donors (Lipinski definition) is 1. The van der Waals surface area contributed by atoms with Crippen LogP contribution in [0.2, 0.25) is 0 Å². The molecule has 0 saturated carbocycles. The van der Waals surface area contributed by atoms with Crippen LogP contribution >= 0.6 is 11.3 Å². The van der Waals surface area contributed by atoms with Gasteiger partial charge >= 0.3 is 0 Å². The van der Waals surface area contributed by atoms with Crippen LogP contribution in [0.3, 0.4) is 0 Å². The van der Waals surface area contributed by atoms with Gasteiger partial charge in [0.15, 0.2) is 0 Å². The summed E-state index contributed by atoms with van der Waals surface area (Å²) in [6.07, 6.45) is 0. The molecule has 0 atom stereocenters. The first-order chi connectivity index (χ1) is 14.2. The topological polar surface area (TPSA) is 45.8 Å². The number of rotatable bonds is 3. The van der Waals surface area contributed by atoms with Crippen LogP contribution in [-0.2, 0) is 0 Å². The van der Waals surface area contributed by atoms with Gasteiger partial charge in [-0.2, -0.15) is 0 Å². The summed E-state index contributed by atoms with van der Waals surface area (Å²) in [5.41, 5.74) is 6.23. The summed E-state index contributed by atoms with van der Waals surface area (Å²) in [4.78, 5) is 21.4. The molecule has 0 aliphatic rings. The normalized spacial score (nSPS) is 11.1. The van der Waals surface area contributed by atoms with Gasteiger partial charge in [0.2, 0.25) is 0 Å². The van der Waals surface area contributed by atoms with Crippen molar-refractivity contribution in [2.45, 2.75) is 6.92 Å². The molecule has 1 N–H and O–H groups in total. The molecule has 29 heavy (non-hydrogen) atoms. The molecule has 0 fully saturated rings. The van der Waals surface area contributed by atoms with Crippen molar-refractivity contribution in [1.82, 2.24) is 9.97 Å². The summed E-state index contributed by atoms with van der Waals surface area (Å²) in [5, 5.41) is 2.67. The van der Waals surface area contributed by atoms with Crippen LogP contribution in [0.5, 0.6) is 0 Å². The molecule has 5 aromatic rings. The summed E-state index contributed by atoms with van der Waals surface area (Å²) in [6.45, 7) is 2.03. The summed E-state index contributed by atoms with van der Waals surface area (Å²) < 4.78 is 0. The molecule has 3 aromatic carbocycles. The Morgan fingerprint density at radius 2 is 1.48 bits per heavy atom. The minimum absolute atomic E-state index is 0.102. The lowest BCUT2D eigenvalue weighted by Gasteiger charge is -2.05. The zero-order chi connectivity index (χ0) is 19.8. The fourth-order valence-electron chi connectivity index (χ4n) is 3.56. The van der Waals surface area contributed by atoms with Gasteiger partial charge in [0.1, 0.15) is 10.7 Å². The molecule has 2 aromatic heterocycles. The van der Waals surface area contributed by atoms with Crippen LogP contribution in [0.4, 0.5) is 0 Å². The van der Waals surface area contributed by atoms with E-state index in [9.17, 15) is 4.79 Å². The van der Waals surface area contributed by atoms with Gasteiger partial charge in [-0.05, 0) is 29.7 Å². The Kier molecular flexibility index (Phi) is 4.34. The number of H-pyrrole nitrogens is 1. The third-order valence-electron chi connectivity index (χ3n) is 5.04. The van der Waals surface area contributed by atoms with Crippen molar-refractivity contribution >= 4 is 21.6 Å². The lowest BCUT2D eigenvalue weighted by molar-refractivity contribution is 1.19. The van der Waals surface area contributed by atoms with Crippen LogP contribution in [0.1, 0.15) is 5.56 Å². The first-order valence-corrected chi connectivity index (χ1v) is 10.3. The Morgan fingerprint density at radius 3 is 2.24 bits per heavy atom. The molecule has 0 saturated heterocycles. The van der Waals surface area contributed by atoms with Crippen molar-refractivity contribution in [2.24, 2.45) is 0 Å². The first-order valence-electron chi connectivity index (χ1n) is 9.43. The quantitative estimate of drug-likeness (QED) is 0.391. The number of aromatic amines is 1. The Labute approximate surface area is 172 Å². The van der Waals surface area contributed by atoms with E-state index >= 15 is 0 Å². The highest BCUT2D eigenvalue weighted by atomic mass is 32.1. The Morgan fingerprint density at radius 1 is 0.793 bits per heavy atom. The second-order valence-electron chi connectivity index (χ2n) is 7.06. The van der Waals surface area contributed by atoms with E-state index in [0.717, 1.165) is 32.6 Å². The first kappa shape index (κ1) is 17.6. The zero-order valence-electron chi connectivity index (χ0n) is 15.8. The number of hydrogen-bond acceptors (Lipinski definition) is 3. The van der Waals surface area contributed by atoms with E-state index in [4.69, 9.17) is 4.98 Å². The number of nitrogens with zero attached hydrogens (tertiary/aromatic N) is 1. The van der Waals surface area contributed by atoms with Crippen molar-refractivity contribution in [3.05, 3.63) is 100 Å². The lowest BCUT2D eigenvalue weighted by atomic mass is 10.0. The van der Waals surface area contributed by atoms with E-state index in [1.807, 2.05) is 54.8 Å². The van der Waals surface area contributed by atoms with E-state index in [2.05, 4.69) is 41.4 Å². The molecule has 0 radical (unpaired) electrons. The number of aryl methyl sites for hydroxylation is 1. The molecule has 0 unspecified atom stereocenters. The van der Waals surface area contributed by atoms with Gasteiger partial charge in [-0.1, -0.05) is 78.4 Å². The van der Waals surface area contributed by atoms with Crippen LogP contribution in [-0.4, -0.2) is 9.97 Å². The van der Waals surface area contributed by atoms with Gasteiger partial charge in [0.25, 0.3) is 5.56 Å². The number of aromatic nitrogens is 2. The zero-order valence-corrected chi connectivity index (χ0v) is 16.7. The fourth-order valence-corrected chi connectivity index (χ4v) is 4.51. The van der Waals surface area contributed by atoms with Gasteiger partial charge in [-0.15, -0.1) is 11.3 Å². The third-order valence-corrected chi connectivity index (χ3v) is 5.91. The van der Waals surface area contributed by atoms with Crippen LogP contribution in [0.25, 0.3) is 43.9 Å². The molecule has 0 aliphatic carbocycles. The van der Waals surface area contributed by atoms with Crippen molar-refractivity contribution < 1.29 is 0 Å². The predicted molar refractivity (Wildman–Crippen MR) is 121 cm³/mol. The van der Waals surface area contributed by atoms with Crippen molar-refractivity contribution in [1.29, 1.82) is 0 Å². The maximum atomic E-state index is 12.9. The van der Waals surface area contributed by atoms with E-state index in [1.54, 1.807) is 0 Å². The largest absolute Gasteiger partial charge is 0.306 e. The van der Waals surface area contributed by atoms with Crippen molar-refractivity contribution in [3.8, 4) is 33.6 Å². The van der Waals surface area contributed by atoms with E-state index in [-0.39, 0.29) is 5.56 Å². The van der Waals surface area contributed by atoms with Crippen molar-refractivity contribution in [3.63, 3.8) is 0 Å². The monoisotopic (exact) mass is 394 g/mol. The lowest BCUT2D eigenvalue weighted by Crippen LogP contribution is -2.09. The Bertz CT molecular complexity index is 1370. The summed E-state index contributed by atoms with van der Waals surface area (Å²) in [7, 11) is 0. The van der Waals surface area contributed by atoms with E-state index < -0.39 is 0 Å². The molecule has 0 aliphatic heterocycles. The molecule has 2 heterocycles. The van der Waals surface area contributed by atoms with E-state index in [1.165, 1.54) is 16.9 Å². The highest BCUT2D eigenvalue weighted by molar-refractivity contribution is 7.17. The number of benzene rings is 3. The fraction of sp³-hybridized carbons (Fsp3) is 0.0400. The maximum absolute atomic E-state index is 12.9. The number of fused-ring (bicyclic) bond motifs is 1. The molecular weight excluding hydrogens is 376 g/mol. The molecule has 0 amide bonds. The summed E-state index contributed by atoms with van der Waals surface area (Å²) in [5.74, 6) is 0.610. The van der Waals surface area contributed by atoms with Crippen LogP contribution < -0.4 is 5.56 Å². The smallest absolute Gasteiger partial charge is 0.260 e. The Hall–Kier alpha value is -3.50. The molecule has 5 rings (SSSR count). The average molecular weight is 394 g/mol. The molecule has 0 bridgehead atoms. The highest BCUT2D eigenvalue weighted by Crippen LogP contribution is 2.33. The molecule has 0 spiro atoms. The Balaban J connectivity index is 1.57. The minimum atomic E-state index is -0.102. The van der Waals surface area contributed by atoms with Crippen LogP contribution in [0.15, 0.2) is 89.0 Å². The average Bonchev–Trinajstić information content (AvgIpc) is 3.19. The van der Waals surface area contributed by atoms with Crippen molar-refractivity contribution in [2.75, 3.05) is 0 Å². The summed E-state index contributed by atoms with van der Waals surface area (Å²) >= 11 is 1.51. The van der Waals surface area contributed by atoms with Gasteiger partial charge in [-0.25, -0.2) is 4.98 Å². The van der Waals surface area contributed by atoms with Gasteiger partial charge in [0.05, 0.1) is 5.39 Å². The standard InChI is InChI=1S/C25H18N2OS/c1-16-6-5-9-20(14-16)23-26-24(28)22-21(15-29-25(22)27-23)19-12-10-18(11-13-19)17-7-3-2-4-8-17/h2-15H,1H3,(H,26,27,28). The minimum Gasteiger partial charge on any atom is -0.306 e. The molecular formula is C25H18N2OS. The van der Waals surface area contributed by atoms with E-state index in [0.29, 0.717) is 11.2 Å². The molecule has 3 nitrogen and oxygen atoms in total. The third kappa shape index (κ3) is 3.28. The molecule has 4 heteroatoms. The van der Waals surface area contributed by atoms with Crippen LogP contribution in [0, 0.1) is 6.92 Å². The van der Waals surface area contributed by atoms with Gasteiger partial charge < -0.3 is 4.98 Å².